The highest BCUT2D eigenvalue weighted by molar-refractivity contribution is 7.88. The fourth-order valence-electron chi connectivity index (χ4n) is 5.51. The van der Waals surface area contributed by atoms with Gasteiger partial charge in [0.05, 0.1) is 12.1 Å². The molecule has 2 heterocycles. The van der Waals surface area contributed by atoms with Crippen molar-refractivity contribution in [1.29, 1.82) is 0 Å². The van der Waals surface area contributed by atoms with E-state index in [-0.39, 0.29) is 24.0 Å². The lowest BCUT2D eigenvalue weighted by molar-refractivity contribution is -0.122. The SMILES string of the molecule is C=C1N[C@]2(C(=O)NS(=O)(=O)NC3CC3)C[C@H]2/C=C\CCCCC[C@H](NC(=O)OC(C)(C)C)C(=C)N2CCC[C@@H]12. The number of amides is 2. The Morgan fingerprint density at radius 1 is 1.10 bits per heavy atom. The lowest BCUT2D eigenvalue weighted by Gasteiger charge is -2.36. The molecule has 2 aliphatic carbocycles. The number of nitrogens with zero attached hydrogens (tertiary/aromatic N) is 1. The topological polar surface area (TPSA) is 129 Å². The second-order valence-corrected chi connectivity index (χ2v) is 13.8. The highest BCUT2D eigenvalue weighted by atomic mass is 32.2. The molecule has 11 heteroatoms. The molecule has 1 saturated heterocycles. The Morgan fingerprint density at radius 2 is 1.85 bits per heavy atom. The van der Waals surface area contributed by atoms with Crippen LogP contribution in [0, 0.1) is 5.92 Å². The van der Waals surface area contributed by atoms with E-state index < -0.39 is 33.3 Å². The van der Waals surface area contributed by atoms with E-state index >= 15 is 0 Å². The monoisotopic (exact) mass is 563 g/mol. The predicted molar refractivity (Wildman–Crippen MR) is 151 cm³/mol. The molecule has 2 saturated carbocycles. The van der Waals surface area contributed by atoms with E-state index in [9.17, 15) is 18.0 Å². The standard InChI is InChI=1S/C28H45N5O5S/c1-19-24-14-11-17-33(24)20(2)23(29-26(35)38-27(3,4)5)13-10-8-6-7-9-12-21-18-28(21,30-19)25(34)32-39(36,37)31-22-15-16-22/h9,12,21-24,30-31H,1-2,6-8,10-11,13-18H2,3-5H3,(H,29,35)(H,32,34)/b12-9-/t21-,23+,24+,28-/m1/s1. The van der Waals surface area contributed by atoms with Gasteiger partial charge < -0.3 is 20.3 Å². The van der Waals surface area contributed by atoms with Gasteiger partial charge in [0.2, 0.25) is 0 Å². The molecule has 0 radical (unpaired) electrons. The number of alkyl carbamates (subject to hydrolysis) is 1. The molecule has 4 aliphatic rings. The number of carbonyl (C=O) groups excluding carboxylic acids is 2. The molecule has 0 unspecified atom stereocenters. The molecule has 0 aromatic rings. The van der Waals surface area contributed by atoms with Crippen molar-refractivity contribution >= 4 is 22.2 Å². The zero-order valence-corrected chi connectivity index (χ0v) is 24.4. The fraction of sp³-hybridized carbons (Fsp3) is 0.714. The Morgan fingerprint density at radius 3 is 2.54 bits per heavy atom. The second-order valence-electron chi connectivity index (χ2n) is 12.4. The number of rotatable bonds is 5. The van der Waals surface area contributed by atoms with Crippen LogP contribution in [-0.4, -0.2) is 61.1 Å². The summed E-state index contributed by atoms with van der Waals surface area (Å²) in [6.45, 7) is 14.9. The molecule has 39 heavy (non-hydrogen) atoms. The van der Waals surface area contributed by atoms with Gasteiger partial charge in [0.15, 0.2) is 0 Å². The average molecular weight is 564 g/mol. The summed E-state index contributed by atoms with van der Waals surface area (Å²) in [4.78, 5) is 28.2. The number of fused-ring (bicyclic) bond motifs is 2. The van der Waals surface area contributed by atoms with Crippen molar-refractivity contribution in [3.63, 3.8) is 0 Å². The quantitative estimate of drug-likeness (QED) is 0.378. The van der Waals surface area contributed by atoms with Crippen LogP contribution in [-0.2, 0) is 19.7 Å². The molecule has 2 amide bonds. The maximum absolute atomic E-state index is 13.4. The summed E-state index contributed by atoms with van der Waals surface area (Å²) in [5, 5.41) is 6.39. The lowest BCUT2D eigenvalue weighted by Crippen LogP contribution is -2.54. The highest BCUT2D eigenvalue weighted by Crippen LogP contribution is 2.46. The van der Waals surface area contributed by atoms with Gasteiger partial charge in [0, 0.05) is 29.9 Å². The molecule has 0 bridgehead atoms. The number of hydrogen-bond donors (Lipinski definition) is 4. The van der Waals surface area contributed by atoms with E-state index in [0.717, 1.165) is 70.0 Å². The van der Waals surface area contributed by atoms with Crippen LogP contribution >= 0.6 is 0 Å². The Hall–Kier alpha value is -2.53. The molecule has 2 aliphatic heterocycles. The number of allylic oxidation sites excluding steroid dienone is 1. The van der Waals surface area contributed by atoms with Crippen LogP contribution in [0.1, 0.15) is 85.0 Å². The third kappa shape index (κ3) is 7.78. The van der Waals surface area contributed by atoms with Gasteiger partial charge in [0.25, 0.3) is 5.91 Å². The Balaban J connectivity index is 1.52. The Kier molecular flexibility index (Phi) is 8.70. The van der Waals surface area contributed by atoms with Gasteiger partial charge in [-0.2, -0.15) is 13.1 Å². The zero-order chi connectivity index (χ0) is 28.4. The maximum Gasteiger partial charge on any atom is 0.408 e. The molecular weight excluding hydrogens is 518 g/mol. The third-order valence-electron chi connectivity index (χ3n) is 7.78. The molecule has 0 spiro atoms. The van der Waals surface area contributed by atoms with Gasteiger partial charge >= 0.3 is 16.3 Å². The minimum absolute atomic E-state index is 0.0983. The molecule has 0 aromatic carbocycles. The maximum atomic E-state index is 13.4. The van der Waals surface area contributed by atoms with E-state index in [0.29, 0.717) is 12.1 Å². The summed E-state index contributed by atoms with van der Waals surface area (Å²) < 4.78 is 35.4. The number of ether oxygens (including phenoxy) is 1. The molecule has 3 fully saturated rings. The smallest absolute Gasteiger partial charge is 0.408 e. The number of nitrogens with one attached hydrogen (secondary N) is 4. The largest absolute Gasteiger partial charge is 0.444 e. The highest BCUT2D eigenvalue weighted by Gasteiger charge is 2.60. The van der Waals surface area contributed by atoms with Gasteiger partial charge in [0.1, 0.15) is 11.1 Å². The number of carbonyl (C=O) groups is 2. The summed E-state index contributed by atoms with van der Waals surface area (Å²) in [7, 11) is -3.94. The molecular formula is C28H45N5O5S. The fourth-order valence-corrected chi connectivity index (χ4v) is 6.67. The van der Waals surface area contributed by atoms with E-state index in [1.54, 1.807) is 0 Å². The van der Waals surface area contributed by atoms with Crippen molar-refractivity contribution in [2.24, 2.45) is 5.92 Å². The van der Waals surface area contributed by atoms with Crippen molar-refractivity contribution < 1.29 is 22.7 Å². The molecule has 0 aromatic heterocycles. The van der Waals surface area contributed by atoms with Gasteiger partial charge in [-0.3, -0.25) is 4.79 Å². The van der Waals surface area contributed by atoms with Crippen LogP contribution in [0.3, 0.4) is 0 Å². The van der Waals surface area contributed by atoms with Crippen molar-refractivity contribution in [2.75, 3.05) is 6.54 Å². The van der Waals surface area contributed by atoms with Crippen LogP contribution in [0.25, 0.3) is 0 Å². The molecule has 4 N–H and O–H groups in total. The number of hydrogen-bond acceptors (Lipinski definition) is 7. The molecule has 218 valence electrons. The average Bonchev–Trinajstić information content (AvgIpc) is 3.70. The van der Waals surface area contributed by atoms with E-state index in [1.165, 1.54) is 0 Å². The minimum Gasteiger partial charge on any atom is -0.444 e. The summed E-state index contributed by atoms with van der Waals surface area (Å²) in [6.07, 6.45) is 11.9. The van der Waals surface area contributed by atoms with Crippen LogP contribution < -0.4 is 20.1 Å². The van der Waals surface area contributed by atoms with Crippen LogP contribution in [0.15, 0.2) is 36.7 Å². The van der Waals surface area contributed by atoms with Crippen molar-refractivity contribution in [1.82, 2.24) is 25.0 Å². The van der Waals surface area contributed by atoms with E-state index in [2.05, 4.69) is 44.2 Å². The Labute approximate surface area is 233 Å². The van der Waals surface area contributed by atoms with Gasteiger partial charge in [-0.15, -0.1) is 0 Å². The first-order valence-corrected chi connectivity index (χ1v) is 15.7. The first-order chi connectivity index (χ1) is 18.3. The van der Waals surface area contributed by atoms with Crippen LogP contribution in [0.5, 0.6) is 0 Å². The molecule has 10 nitrogen and oxygen atoms in total. The van der Waals surface area contributed by atoms with Gasteiger partial charge in [-0.05, 0) is 72.1 Å². The first kappa shape index (κ1) is 29.5. The van der Waals surface area contributed by atoms with Crippen LogP contribution in [0.2, 0.25) is 0 Å². The summed E-state index contributed by atoms with van der Waals surface area (Å²) in [5.74, 6) is -0.696. The van der Waals surface area contributed by atoms with E-state index in [1.807, 2.05) is 26.8 Å². The molecule has 4 rings (SSSR count). The first-order valence-electron chi connectivity index (χ1n) is 14.2. The minimum atomic E-state index is -3.94. The van der Waals surface area contributed by atoms with Gasteiger partial charge in [-0.1, -0.05) is 38.2 Å². The van der Waals surface area contributed by atoms with Crippen LogP contribution in [0.4, 0.5) is 4.79 Å². The van der Waals surface area contributed by atoms with Crippen molar-refractivity contribution in [3.8, 4) is 0 Å². The normalized spacial score (nSPS) is 31.1. The summed E-state index contributed by atoms with van der Waals surface area (Å²) in [6, 6.07) is -0.529. The Bertz CT molecular complexity index is 1110. The van der Waals surface area contributed by atoms with Crippen molar-refractivity contribution in [3.05, 3.63) is 36.7 Å². The third-order valence-corrected chi connectivity index (χ3v) is 8.88. The lowest BCUT2D eigenvalue weighted by atomic mass is 10.0. The van der Waals surface area contributed by atoms with Gasteiger partial charge in [-0.25, -0.2) is 9.52 Å². The van der Waals surface area contributed by atoms with E-state index in [4.69, 9.17) is 4.74 Å². The second kappa shape index (κ2) is 11.5. The van der Waals surface area contributed by atoms with Crippen molar-refractivity contribution in [2.45, 2.75) is 114 Å². The summed E-state index contributed by atoms with van der Waals surface area (Å²) in [5.41, 5.74) is -0.237. The predicted octanol–water partition coefficient (Wildman–Crippen LogP) is 3.35. The summed E-state index contributed by atoms with van der Waals surface area (Å²) >= 11 is 0. The zero-order valence-electron chi connectivity index (χ0n) is 23.6. The molecule has 4 atom stereocenters.